The van der Waals surface area contributed by atoms with Gasteiger partial charge in [-0.25, -0.2) is 0 Å². The molecule has 0 unspecified atom stereocenters. The van der Waals surface area contributed by atoms with E-state index in [1.807, 2.05) is 31.2 Å². The smallest absolute Gasteiger partial charge is 0.315 e. The molecular weight excluding hydrogens is 310 g/mol. The van der Waals surface area contributed by atoms with Crippen molar-refractivity contribution in [1.82, 2.24) is 5.43 Å². The summed E-state index contributed by atoms with van der Waals surface area (Å²) >= 11 is 0. The first-order valence-electron chi connectivity index (χ1n) is 7.29. The Kier molecular flexibility index (Phi) is 5.73. The van der Waals surface area contributed by atoms with Crippen LogP contribution >= 0.6 is 0 Å². The Bertz CT molecular complexity index is 759. The number of nitrogens with zero attached hydrogens (tertiary/aromatic N) is 2. The first-order valence-corrected chi connectivity index (χ1v) is 7.29. The van der Waals surface area contributed by atoms with Gasteiger partial charge in [0.15, 0.2) is 5.75 Å². The molecular formula is C17H19N3O4. The van der Waals surface area contributed by atoms with Crippen LogP contribution in [0.3, 0.4) is 0 Å². The number of nitro benzene ring substituents is 1. The fourth-order valence-corrected chi connectivity index (χ4v) is 2.21. The molecule has 0 saturated carbocycles. The van der Waals surface area contributed by atoms with Gasteiger partial charge in [-0.2, -0.15) is 5.10 Å². The molecule has 0 aromatic heterocycles. The van der Waals surface area contributed by atoms with E-state index in [4.69, 9.17) is 9.47 Å². The summed E-state index contributed by atoms with van der Waals surface area (Å²) in [4.78, 5) is 10.9. The zero-order valence-electron chi connectivity index (χ0n) is 13.8. The molecule has 0 atom stereocenters. The van der Waals surface area contributed by atoms with Gasteiger partial charge in [0.25, 0.3) is 0 Å². The van der Waals surface area contributed by atoms with Gasteiger partial charge < -0.3 is 14.9 Å². The first kappa shape index (κ1) is 17.3. The van der Waals surface area contributed by atoms with Crippen LogP contribution in [0.15, 0.2) is 41.5 Å². The maximum Gasteiger partial charge on any atom is 0.315 e. The number of hydrogen-bond donors (Lipinski definition) is 1. The van der Waals surface area contributed by atoms with Gasteiger partial charge in [0.1, 0.15) is 6.61 Å². The molecule has 0 saturated heterocycles. The highest BCUT2D eigenvalue weighted by Gasteiger charge is 2.22. The molecule has 7 nitrogen and oxygen atoms in total. The standard InChI is InChI=1S/C17H19N3O4/c1-12-5-4-6-13(7-12)11-24-17-15(20(21)22)8-14(10-19-18-2)9-16(17)23-3/h4-10,18H,11H2,1-3H3/b19-10+. The highest BCUT2D eigenvalue weighted by Crippen LogP contribution is 2.38. The van der Waals surface area contributed by atoms with Gasteiger partial charge in [-0.3, -0.25) is 10.1 Å². The molecule has 7 heteroatoms. The van der Waals surface area contributed by atoms with Crippen molar-refractivity contribution in [3.63, 3.8) is 0 Å². The second kappa shape index (κ2) is 7.96. The largest absolute Gasteiger partial charge is 0.493 e. The molecule has 2 aromatic rings. The fourth-order valence-electron chi connectivity index (χ4n) is 2.21. The lowest BCUT2D eigenvalue weighted by molar-refractivity contribution is -0.386. The highest BCUT2D eigenvalue weighted by molar-refractivity contribution is 5.83. The molecule has 0 heterocycles. The molecule has 0 aliphatic heterocycles. The fraction of sp³-hybridized carbons (Fsp3) is 0.235. The third-order valence-electron chi connectivity index (χ3n) is 3.28. The molecule has 126 valence electrons. The number of methoxy groups -OCH3 is 1. The van der Waals surface area contributed by atoms with E-state index in [-0.39, 0.29) is 23.8 Å². The van der Waals surface area contributed by atoms with Crippen molar-refractivity contribution < 1.29 is 14.4 Å². The zero-order chi connectivity index (χ0) is 17.5. The Morgan fingerprint density at radius 1 is 1.33 bits per heavy atom. The predicted molar refractivity (Wildman–Crippen MR) is 91.8 cm³/mol. The predicted octanol–water partition coefficient (Wildman–Crippen LogP) is 3.04. The van der Waals surface area contributed by atoms with E-state index in [0.29, 0.717) is 5.56 Å². The summed E-state index contributed by atoms with van der Waals surface area (Å²) in [6.07, 6.45) is 1.47. The van der Waals surface area contributed by atoms with Gasteiger partial charge in [-0.05, 0) is 18.6 Å². The Labute approximate surface area is 140 Å². The average molecular weight is 329 g/mol. The molecule has 0 bridgehead atoms. The third kappa shape index (κ3) is 4.22. The van der Waals surface area contributed by atoms with Crippen LogP contribution in [0.25, 0.3) is 0 Å². The summed E-state index contributed by atoms with van der Waals surface area (Å²) in [6, 6.07) is 10.8. The van der Waals surface area contributed by atoms with E-state index in [1.165, 1.54) is 19.4 Å². The monoisotopic (exact) mass is 329 g/mol. The van der Waals surface area contributed by atoms with Crippen molar-refractivity contribution >= 4 is 11.9 Å². The second-order valence-electron chi connectivity index (χ2n) is 5.09. The van der Waals surface area contributed by atoms with Crippen LogP contribution in [0.2, 0.25) is 0 Å². The van der Waals surface area contributed by atoms with Gasteiger partial charge >= 0.3 is 5.69 Å². The van der Waals surface area contributed by atoms with Crippen molar-refractivity contribution in [3.8, 4) is 11.5 Å². The number of aryl methyl sites for hydroxylation is 1. The minimum absolute atomic E-state index is 0.102. The lowest BCUT2D eigenvalue weighted by Gasteiger charge is -2.12. The molecule has 0 aliphatic carbocycles. The van der Waals surface area contributed by atoms with E-state index < -0.39 is 4.92 Å². The van der Waals surface area contributed by atoms with Gasteiger partial charge in [0.2, 0.25) is 5.75 Å². The van der Waals surface area contributed by atoms with Crippen LogP contribution in [0, 0.1) is 17.0 Å². The summed E-state index contributed by atoms with van der Waals surface area (Å²) in [6.45, 7) is 2.19. The number of nitro groups is 1. The molecule has 0 fully saturated rings. The minimum Gasteiger partial charge on any atom is -0.493 e. The average Bonchev–Trinajstić information content (AvgIpc) is 2.57. The van der Waals surface area contributed by atoms with E-state index in [0.717, 1.165) is 11.1 Å². The maximum absolute atomic E-state index is 11.4. The quantitative estimate of drug-likeness (QED) is 0.479. The number of nitrogens with one attached hydrogen (secondary N) is 1. The normalized spacial score (nSPS) is 10.6. The third-order valence-corrected chi connectivity index (χ3v) is 3.28. The molecule has 2 rings (SSSR count). The van der Waals surface area contributed by atoms with Crippen molar-refractivity contribution in [2.75, 3.05) is 14.2 Å². The van der Waals surface area contributed by atoms with E-state index in [9.17, 15) is 10.1 Å². The van der Waals surface area contributed by atoms with Crippen molar-refractivity contribution in [3.05, 3.63) is 63.2 Å². The Morgan fingerprint density at radius 2 is 2.12 bits per heavy atom. The molecule has 0 aliphatic rings. The SMILES string of the molecule is CN/N=C/c1cc(OC)c(OCc2cccc(C)c2)c([N+](=O)[O-])c1. The lowest BCUT2D eigenvalue weighted by atomic mass is 10.1. The zero-order valence-corrected chi connectivity index (χ0v) is 13.8. The summed E-state index contributed by atoms with van der Waals surface area (Å²) in [7, 11) is 3.08. The van der Waals surface area contributed by atoms with E-state index in [2.05, 4.69) is 10.5 Å². The Hall–Kier alpha value is -3.09. The molecule has 2 aromatic carbocycles. The van der Waals surface area contributed by atoms with Crippen LogP contribution in [0.1, 0.15) is 16.7 Å². The van der Waals surface area contributed by atoms with Crippen LogP contribution in [-0.4, -0.2) is 25.3 Å². The van der Waals surface area contributed by atoms with E-state index in [1.54, 1.807) is 13.1 Å². The van der Waals surface area contributed by atoms with Crippen LogP contribution in [0.4, 0.5) is 5.69 Å². The van der Waals surface area contributed by atoms with E-state index >= 15 is 0 Å². The number of rotatable bonds is 7. The Morgan fingerprint density at radius 3 is 2.75 bits per heavy atom. The van der Waals surface area contributed by atoms with Gasteiger partial charge in [-0.1, -0.05) is 29.8 Å². The van der Waals surface area contributed by atoms with Crippen molar-refractivity contribution in [2.45, 2.75) is 13.5 Å². The molecule has 24 heavy (non-hydrogen) atoms. The number of ether oxygens (including phenoxy) is 2. The molecule has 0 radical (unpaired) electrons. The highest BCUT2D eigenvalue weighted by atomic mass is 16.6. The summed E-state index contributed by atoms with van der Waals surface area (Å²) in [5.74, 6) is 0.389. The minimum atomic E-state index is -0.495. The molecule has 0 spiro atoms. The summed E-state index contributed by atoms with van der Waals surface area (Å²) < 4.78 is 11.0. The van der Waals surface area contributed by atoms with Crippen LogP contribution in [0.5, 0.6) is 11.5 Å². The van der Waals surface area contributed by atoms with Gasteiger partial charge in [0.05, 0.1) is 18.2 Å². The topological polar surface area (TPSA) is 86.0 Å². The molecule has 1 N–H and O–H groups in total. The number of hydrogen-bond acceptors (Lipinski definition) is 6. The summed E-state index contributed by atoms with van der Waals surface area (Å²) in [5, 5.41) is 15.2. The van der Waals surface area contributed by atoms with Gasteiger partial charge in [-0.15, -0.1) is 0 Å². The van der Waals surface area contributed by atoms with Crippen molar-refractivity contribution in [1.29, 1.82) is 0 Å². The van der Waals surface area contributed by atoms with Crippen LogP contribution < -0.4 is 14.9 Å². The van der Waals surface area contributed by atoms with Gasteiger partial charge in [0, 0.05) is 18.7 Å². The van der Waals surface area contributed by atoms with Crippen LogP contribution in [-0.2, 0) is 6.61 Å². The number of benzene rings is 2. The lowest BCUT2D eigenvalue weighted by Crippen LogP contribution is -2.03. The first-order chi connectivity index (χ1) is 11.5. The second-order valence-corrected chi connectivity index (χ2v) is 5.09. The maximum atomic E-state index is 11.4. The summed E-state index contributed by atoms with van der Waals surface area (Å²) in [5.41, 5.74) is 4.98. The van der Waals surface area contributed by atoms with Crippen molar-refractivity contribution in [2.24, 2.45) is 5.10 Å². The Balaban J connectivity index is 2.36. The number of hydrazone groups is 1. The molecule has 0 amide bonds.